The normalized spacial score (nSPS) is 11.3. The first kappa shape index (κ1) is 24.7. The first-order valence-corrected chi connectivity index (χ1v) is 11.7. The number of rotatable bonds is 8. The van der Waals surface area contributed by atoms with E-state index in [9.17, 15) is 4.79 Å². The van der Waals surface area contributed by atoms with Gasteiger partial charge < -0.3 is 25.4 Å². The van der Waals surface area contributed by atoms with Crippen molar-refractivity contribution in [2.75, 3.05) is 30.2 Å². The molecule has 0 bridgehead atoms. The maximum atomic E-state index is 12.7. The highest BCUT2D eigenvalue weighted by Crippen LogP contribution is 2.36. The molecule has 0 aliphatic rings. The van der Waals surface area contributed by atoms with Gasteiger partial charge in [0.2, 0.25) is 5.91 Å². The van der Waals surface area contributed by atoms with Gasteiger partial charge in [-0.25, -0.2) is 0 Å². The number of benzene rings is 3. The average Bonchev–Trinajstić information content (AvgIpc) is 2.81. The van der Waals surface area contributed by atoms with E-state index in [2.05, 4.69) is 16.0 Å². The molecule has 172 valence electrons. The zero-order chi connectivity index (χ0) is 23.8. The van der Waals surface area contributed by atoms with Crippen LogP contribution < -0.4 is 25.4 Å². The highest BCUT2D eigenvalue weighted by atomic mass is 35.5. The topological polar surface area (TPSA) is 71.6 Å². The van der Waals surface area contributed by atoms with Crippen LogP contribution in [0.4, 0.5) is 17.1 Å². The van der Waals surface area contributed by atoms with E-state index in [1.165, 1.54) is 26.0 Å². The molecule has 1 unspecified atom stereocenters. The quantitative estimate of drug-likeness (QED) is 0.247. The number of thioether (sulfide) groups is 1. The molecule has 33 heavy (non-hydrogen) atoms. The molecule has 0 aliphatic heterocycles. The molecule has 3 N–H and O–H groups in total. The number of methoxy groups -OCH3 is 2. The van der Waals surface area contributed by atoms with E-state index in [1.54, 1.807) is 12.1 Å². The summed E-state index contributed by atoms with van der Waals surface area (Å²) >= 11 is 13.0. The van der Waals surface area contributed by atoms with Crippen molar-refractivity contribution < 1.29 is 14.3 Å². The van der Waals surface area contributed by atoms with Gasteiger partial charge in [0.25, 0.3) is 0 Å². The van der Waals surface area contributed by atoms with Crippen LogP contribution in [0.2, 0.25) is 5.02 Å². The Balaban J connectivity index is 1.57. The summed E-state index contributed by atoms with van der Waals surface area (Å²) in [6, 6.07) is 20.7. The summed E-state index contributed by atoms with van der Waals surface area (Å²) in [6.07, 6.45) is 0. The van der Waals surface area contributed by atoms with Crippen LogP contribution in [0.1, 0.15) is 6.92 Å². The Hall–Kier alpha value is -2.94. The maximum absolute atomic E-state index is 12.7. The van der Waals surface area contributed by atoms with Crippen LogP contribution in [0.15, 0.2) is 71.6 Å². The number of ether oxygens (including phenoxy) is 2. The van der Waals surface area contributed by atoms with Crippen molar-refractivity contribution in [3.05, 3.63) is 71.8 Å². The summed E-state index contributed by atoms with van der Waals surface area (Å²) in [4.78, 5) is 13.7. The number of hydrogen-bond acceptors (Lipinski definition) is 5. The molecule has 9 heteroatoms. The third-order valence-electron chi connectivity index (χ3n) is 4.56. The van der Waals surface area contributed by atoms with Crippen LogP contribution in [-0.2, 0) is 4.79 Å². The second kappa shape index (κ2) is 11.8. The second-order valence-corrected chi connectivity index (χ2v) is 9.14. The molecule has 3 aromatic carbocycles. The van der Waals surface area contributed by atoms with Crippen molar-refractivity contribution >= 4 is 63.7 Å². The Morgan fingerprint density at radius 1 is 0.909 bits per heavy atom. The molecule has 1 amide bonds. The minimum absolute atomic E-state index is 0.171. The lowest BCUT2D eigenvalue weighted by molar-refractivity contribution is -0.115. The molecule has 0 radical (unpaired) electrons. The van der Waals surface area contributed by atoms with Crippen LogP contribution in [0.5, 0.6) is 11.5 Å². The number of thiocarbonyl (C=S) groups is 1. The van der Waals surface area contributed by atoms with Crippen LogP contribution in [0, 0.1) is 0 Å². The van der Waals surface area contributed by atoms with Gasteiger partial charge in [-0.1, -0.05) is 29.8 Å². The molecule has 0 heterocycles. The third kappa shape index (κ3) is 7.02. The predicted molar refractivity (Wildman–Crippen MR) is 141 cm³/mol. The first-order valence-electron chi connectivity index (χ1n) is 10.0. The van der Waals surface area contributed by atoms with E-state index in [0.29, 0.717) is 27.3 Å². The molecular formula is C24H24ClN3O3S2. The monoisotopic (exact) mass is 501 g/mol. The maximum Gasteiger partial charge on any atom is 0.237 e. The van der Waals surface area contributed by atoms with E-state index in [0.717, 1.165) is 16.3 Å². The fourth-order valence-electron chi connectivity index (χ4n) is 2.88. The summed E-state index contributed by atoms with van der Waals surface area (Å²) in [5.74, 6) is 0.772. The van der Waals surface area contributed by atoms with Crippen LogP contribution in [0.25, 0.3) is 0 Å². The summed E-state index contributed by atoms with van der Waals surface area (Å²) in [5.41, 5.74) is 2.25. The zero-order valence-corrected chi connectivity index (χ0v) is 20.7. The van der Waals surface area contributed by atoms with Crippen LogP contribution in [0.3, 0.4) is 0 Å². The fraction of sp³-hybridized carbons (Fsp3) is 0.167. The van der Waals surface area contributed by atoms with Gasteiger partial charge in [0.05, 0.1) is 30.2 Å². The number of halogens is 1. The first-order chi connectivity index (χ1) is 15.9. The Morgan fingerprint density at radius 2 is 1.52 bits per heavy atom. The Labute approximate surface area is 208 Å². The summed E-state index contributed by atoms with van der Waals surface area (Å²) in [6.45, 7) is 1.84. The molecule has 0 aliphatic carbocycles. The number of nitrogens with one attached hydrogen (secondary N) is 3. The lowest BCUT2D eigenvalue weighted by Crippen LogP contribution is -2.22. The largest absolute Gasteiger partial charge is 0.495 e. The smallest absolute Gasteiger partial charge is 0.237 e. The molecule has 3 rings (SSSR count). The van der Waals surface area contributed by atoms with Crippen molar-refractivity contribution in [2.45, 2.75) is 17.1 Å². The average molecular weight is 502 g/mol. The van der Waals surface area contributed by atoms with Gasteiger partial charge in [-0.15, -0.1) is 11.8 Å². The van der Waals surface area contributed by atoms with Crippen molar-refractivity contribution in [1.29, 1.82) is 0 Å². The van der Waals surface area contributed by atoms with Crippen molar-refractivity contribution in [1.82, 2.24) is 0 Å². The Morgan fingerprint density at radius 3 is 2.12 bits per heavy atom. The molecule has 0 spiro atoms. The molecule has 0 saturated carbocycles. The summed E-state index contributed by atoms with van der Waals surface area (Å²) in [7, 11) is 3.04. The Bertz CT molecular complexity index is 1110. The molecule has 0 aromatic heterocycles. The molecule has 1 atom stereocenters. The van der Waals surface area contributed by atoms with Crippen molar-refractivity contribution in [3.8, 4) is 11.5 Å². The van der Waals surface area contributed by atoms with Gasteiger partial charge >= 0.3 is 0 Å². The van der Waals surface area contributed by atoms with Crippen LogP contribution >= 0.6 is 35.6 Å². The zero-order valence-electron chi connectivity index (χ0n) is 18.3. The van der Waals surface area contributed by atoms with Gasteiger partial charge in [-0.3, -0.25) is 4.79 Å². The number of anilines is 3. The van der Waals surface area contributed by atoms with Gasteiger partial charge in [0.1, 0.15) is 11.5 Å². The molecule has 0 fully saturated rings. The molecular weight excluding hydrogens is 478 g/mol. The van der Waals surface area contributed by atoms with E-state index in [-0.39, 0.29) is 11.2 Å². The minimum atomic E-state index is -0.352. The Kier molecular flexibility index (Phi) is 8.82. The van der Waals surface area contributed by atoms with Gasteiger partial charge in [-0.2, -0.15) is 0 Å². The van der Waals surface area contributed by atoms with Crippen molar-refractivity contribution in [3.63, 3.8) is 0 Å². The number of amides is 1. The molecule has 0 saturated heterocycles. The summed E-state index contributed by atoms with van der Waals surface area (Å²) < 4.78 is 10.5. The standard InChI is InChI=1S/C24H24ClN3O3S2/c1-15(23(29)28-20-13-19(25)21(30-2)14-22(20)31-3)33-18-11-9-17(10-12-18)27-24(32)26-16-7-5-4-6-8-16/h4-15H,1-3H3,(H,28,29)(H2,26,27,32). The lowest BCUT2D eigenvalue weighted by Gasteiger charge is -2.16. The number of carbonyl (C=O) groups is 1. The summed E-state index contributed by atoms with van der Waals surface area (Å²) in [5, 5.41) is 9.69. The minimum Gasteiger partial charge on any atom is -0.495 e. The highest BCUT2D eigenvalue weighted by Gasteiger charge is 2.18. The second-order valence-electron chi connectivity index (χ2n) is 6.91. The number of para-hydroxylation sites is 1. The van der Waals surface area contributed by atoms with Gasteiger partial charge in [0.15, 0.2) is 5.11 Å². The number of hydrogen-bond donors (Lipinski definition) is 3. The molecule has 6 nitrogen and oxygen atoms in total. The van der Waals surface area contributed by atoms with E-state index in [1.807, 2.05) is 61.5 Å². The van der Waals surface area contributed by atoms with E-state index >= 15 is 0 Å². The lowest BCUT2D eigenvalue weighted by atomic mass is 10.2. The van der Waals surface area contributed by atoms with Crippen LogP contribution in [-0.4, -0.2) is 30.5 Å². The molecule has 3 aromatic rings. The van der Waals surface area contributed by atoms with Gasteiger partial charge in [-0.05, 0) is 61.6 Å². The fourth-order valence-corrected chi connectivity index (χ4v) is 4.23. The third-order valence-corrected chi connectivity index (χ3v) is 6.17. The predicted octanol–water partition coefficient (Wildman–Crippen LogP) is 6.29. The van der Waals surface area contributed by atoms with Gasteiger partial charge in [0, 0.05) is 22.3 Å². The van der Waals surface area contributed by atoms with Crippen molar-refractivity contribution in [2.24, 2.45) is 0 Å². The van der Waals surface area contributed by atoms with E-state index < -0.39 is 0 Å². The number of carbonyl (C=O) groups excluding carboxylic acids is 1. The highest BCUT2D eigenvalue weighted by molar-refractivity contribution is 8.00. The van der Waals surface area contributed by atoms with E-state index in [4.69, 9.17) is 33.3 Å². The SMILES string of the molecule is COc1cc(OC)c(NC(=O)C(C)Sc2ccc(NC(=S)Nc3ccccc3)cc2)cc1Cl.